The van der Waals surface area contributed by atoms with E-state index in [9.17, 15) is 8.42 Å². The van der Waals surface area contributed by atoms with E-state index in [-0.39, 0.29) is 4.90 Å². The maximum absolute atomic E-state index is 12.1. The highest BCUT2D eigenvalue weighted by atomic mass is 79.9. The minimum Gasteiger partial charge on any atom is -0.200 e. The zero-order chi connectivity index (χ0) is 14.6. The van der Waals surface area contributed by atoms with Gasteiger partial charge >= 0.3 is 0 Å². The Hall–Kier alpha value is -0.880. The van der Waals surface area contributed by atoms with Crippen LogP contribution in [0.4, 0.5) is 0 Å². The van der Waals surface area contributed by atoms with Gasteiger partial charge in [-0.1, -0.05) is 29.3 Å². The van der Waals surface area contributed by atoms with Crippen molar-refractivity contribution in [1.29, 1.82) is 0 Å². The van der Waals surface area contributed by atoms with Crippen LogP contribution in [0.3, 0.4) is 0 Å². The summed E-state index contributed by atoms with van der Waals surface area (Å²) >= 11 is 3.28. The Bertz CT molecular complexity index is 572. The SMILES string of the molecule is CCC1CCC(=NNS(=O)(=O)c2ccc(Br)cc2)CC1. The van der Waals surface area contributed by atoms with Crippen LogP contribution in [-0.2, 0) is 10.0 Å². The molecule has 0 unspecified atom stereocenters. The van der Waals surface area contributed by atoms with Crippen LogP contribution < -0.4 is 4.83 Å². The molecule has 1 fully saturated rings. The molecule has 0 heterocycles. The number of sulfonamides is 1. The lowest BCUT2D eigenvalue weighted by molar-refractivity contribution is 0.428. The molecule has 20 heavy (non-hydrogen) atoms. The second-order valence-electron chi connectivity index (χ2n) is 5.08. The molecule has 0 saturated heterocycles. The molecule has 0 aliphatic heterocycles. The van der Waals surface area contributed by atoms with Gasteiger partial charge in [-0.3, -0.25) is 0 Å². The molecule has 0 radical (unpaired) electrons. The summed E-state index contributed by atoms with van der Waals surface area (Å²) in [5.74, 6) is 0.761. The Morgan fingerprint density at radius 2 is 1.85 bits per heavy atom. The number of rotatable bonds is 4. The molecule has 0 aromatic heterocycles. The number of benzene rings is 1. The smallest absolute Gasteiger partial charge is 0.200 e. The first kappa shape index (κ1) is 15.5. The van der Waals surface area contributed by atoms with Crippen LogP contribution in [0.25, 0.3) is 0 Å². The average molecular weight is 359 g/mol. The lowest BCUT2D eigenvalue weighted by Crippen LogP contribution is -2.22. The quantitative estimate of drug-likeness (QED) is 0.834. The van der Waals surface area contributed by atoms with Gasteiger partial charge in [-0.05, 0) is 55.9 Å². The maximum atomic E-state index is 12.1. The van der Waals surface area contributed by atoms with E-state index < -0.39 is 10.0 Å². The van der Waals surface area contributed by atoms with Gasteiger partial charge in [0.15, 0.2) is 0 Å². The van der Waals surface area contributed by atoms with Crippen molar-refractivity contribution >= 4 is 31.7 Å². The van der Waals surface area contributed by atoms with Crippen molar-refractivity contribution in [2.75, 3.05) is 0 Å². The minimum atomic E-state index is -3.55. The van der Waals surface area contributed by atoms with E-state index in [0.29, 0.717) is 0 Å². The first-order valence-corrected chi connectivity index (χ1v) is 9.11. The van der Waals surface area contributed by atoms with Crippen molar-refractivity contribution in [2.45, 2.75) is 43.9 Å². The number of hydrazone groups is 1. The summed E-state index contributed by atoms with van der Waals surface area (Å²) in [6, 6.07) is 6.52. The van der Waals surface area contributed by atoms with E-state index >= 15 is 0 Å². The van der Waals surface area contributed by atoms with E-state index in [1.807, 2.05) is 0 Å². The van der Waals surface area contributed by atoms with Crippen LogP contribution in [0.1, 0.15) is 39.0 Å². The molecular formula is C14H19BrN2O2S. The maximum Gasteiger partial charge on any atom is 0.276 e. The van der Waals surface area contributed by atoms with Crippen molar-refractivity contribution in [3.05, 3.63) is 28.7 Å². The third kappa shape index (κ3) is 4.06. The molecule has 6 heteroatoms. The van der Waals surface area contributed by atoms with Crippen LogP contribution in [0.5, 0.6) is 0 Å². The van der Waals surface area contributed by atoms with Gasteiger partial charge in [0.05, 0.1) is 4.90 Å². The van der Waals surface area contributed by atoms with Gasteiger partial charge in [-0.15, -0.1) is 0 Å². The molecule has 1 N–H and O–H groups in total. The number of nitrogens with zero attached hydrogens (tertiary/aromatic N) is 1. The van der Waals surface area contributed by atoms with Crippen molar-refractivity contribution in [3.8, 4) is 0 Å². The van der Waals surface area contributed by atoms with Gasteiger partial charge in [0, 0.05) is 10.2 Å². The topological polar surface area (TPSA) is 58.5 Å². The largest absolute Gasteiger partial charge is 0.276 e. The van der Waals surface area contributed by atoms with Crippen molar-refractivity contribution in [3.63, 3.8) is 0 Å². The third-order valence-corrected chi connectivity index (χ3v) is 5.46. The normalized spacial score (nSPS) is 19.7. The molecule has 1 aromatic carbocycles. The molecule has 1 aromatic rings. The van der Waals surface area contributed by atoms with Gasteiger partial charge in [0.2, 0.25) is 0 Å². The van der Waals surface area contributed by atoms with Crippen LogP contribution in [0.2, 0.25) is 0 Å². The summed E-state index contributed by atoms with van der Waals surface area (Å²) in [6.07, 6.45) is 5.19. The second-order valence-corrected chi connectivity index (χ2v) is 7.65. The Morgan fingerprint density at radius 3 is 2.40 bits per heavy atom. The first-order chi connectivity index (χ1) is 9.51. The first-order valence-electron chi connectivity index (χ1n) is 6.84. The number of hydrogen-bond donors (Lipinski definition) is 1. The summed E-state index contributed by atoms with van der Waals surface area (Å²) in [5.41, 5.74) is 0.954. The van der Waals surface area contributed by atoms with E-state index in [1.165, 1.54) is 6.42 Å². The van der Waals surface area contributed by atoms with Crippen LogP contribution >= 0.6 is 15.9 Å². The van der Waals surface area contributed by atoms with E-state index in [1.54, 1.807) is 24.3 Å². The Morgan fingerprint density at radius 1 is 1.25 bits per heavy atom. The monoisotopic (exact) mass is 358 g/mol. The molecule has 0 atom stereocenters. The predicted molar refractivity (Wildman–Crippen MR) is 84.1 cm³/mol. The Balaban J connectivity index is 2.01. The zero-order valence-electron chi connectivity index (χ0n) is 11.5. The fraction of sp³-hybridized carbons (Fsp3) is 0.500. The van der Waals surface area contributed by atoms with Gasteiger partial charge in [-0.2, -0.15) is 13.5 Å². The van der Waals surface area contributed by atoms with Gasteiger partial charge < -0.3 is 0 Å². The van der Waals surface area contributed by atoms with Crippen LogP contribution in [0, 0.1) is 5.92 Å². The molecule has 1 aliphatic carbocycles. The fourth-order valence-corrected chi connectivity index (χ4v) is 3.44. The van der Waals surface area contributed by atoms with Crippen molar-refractivity contribution < 1.29 is 8.42 Å². The lowest BCUT2D eigenvalue weighted by atomic mass is 9.86. The number of hydrogen-bond acceptors (Lipinski definition) is 3. The van der Waals surface area contributed by atoms with Crippen molar-refractivity contribution in [1.82, 2.24) is 4.83 Å². The molecule has 2 rings (SSSR count). The number of nitrogens with one attached hydrogen (secondary N) is 1. The highest BCUT2D eigenvalue weighted by Crippen LogP contribution is 2.24. The molecule has 110 valence electrons. The standard InChI is InChI=1S/C14H19BrN2O2S/c1-2-11-3-7-13(8-4-11)16-17-20(18,19)14-9-5-12(15)6-10-14/h5-6,9-11,17H,2-4,7-8H2,1H3. The lowest BCUT2D eigenvalue weighted by Gasteiger charge is -2.21. The summed E-state index contributed by atoms with van der Waals surface area (Å²) < 4.78 is 25.0. The third-order valence-electron chi connectivity index (χ3n) is 3.71. The summed E-state index contributed by atoms with van der Waals surface area (Å²) in [6.45, 7) is 2.20. The summed E-state index contributed by atoms with van der Waals surface area (Å²) in [4.78, 5) is 2.57. The second kappa shape index (κ2) is 6.72. The molecule has 0 spiro atoms. The van der Waals surface area contributed by atoms with Crippen molar-refractivity contribution in [2.24, 2.45) is 11.0 Å². The average Bonchev–Trinajstić information content (AvgIpc) is 2.46. The predicted octanol–water partition coefficient (Wildman–Crippen LogP) is 3.68. The number of halogens is 1. The van der Waals surface area contributed by atoms with Crippen LogP contribution in [0.15, 0.2) is 38.7 Å². The summed E-state index contributed by atoms with van der Waals surface area (Å²) in [5, 5.41) is 4.09. The highest BCUT2D eigenvalue weighted by Gasteiger charge is 2.17. The van der Waals surface area contributed by atoms with E-state index in [0.717, 1.165) is 41.8 Å². The van der Waals surface area contributed by atoms with Gasteiger partial charge in [-0.25, -0.2) is 4.83 Å². The Labute approximate surface area is 128 Å². The van der Waals surface area contributed by atoms with E-state index in [2.05, 4.69) is 32.8 Å². The van der Waals surface area contributed by atoms with Gasteiger partial charge in [0.25, 0.3) is 10.0 Å². The molecule has 1 saturated carbocycles. The Kier molecular flexibility index (Phi) is 5.21. The molecule has 1 aliphatic rings. The van der Waals surface area contributed by atoms with E-state index in [4.69, 9.17) is 0 Å². The zero-order valence-corrected chi connectivity index (χ0v) is 13.9. The highest BCUT2D eigenvalue weighted by molar-refractivity contribution is 9.10. The molecule has 4 nitrogen and oxygen atoms in total. The van der Waals surface area contributed by atoms with Gasteiger partial charge in [0.1, 0.15) is 0 Å². The minimum absolute atomic E-state index is 0.229. The molecular weight excluding hydrogens is 340 g/mol. The summed E-state index contributed by atoms with van der Waals surface area (Å²) in [7, 11) is -3.55. The molecule has 0 bridgehead atoms. The fourth-order valence-electron chi connectivity index (χ4n) is 2.32. The van der Waals surface area contributed by atoms with Crippen LogP contribution in [-0.4, -0.2) is 14.1 Å². The molecule has 0 amide bonds.